The molecule has 2 heterocycles. The van der Waals surface area contributed by atoms with Gasteiger partial charge in [0.25, 0.3) is 0 Å². The highest BCUT2D eigenvalue weighted by molar-refractivity contribution is 5.85. The fourth-order valence-corrected chi connectivity index (χ4v) is 2.44. The normalized spacial score (nSPS) is 21.5. The lowest BCUT2D eigenvalue weighted by atomic mass is 9.89. The lowest BCUT2D eigenvalue weighted by molar-refractivity contribution is -0.141. The molecule has 0 spiro atoms. The highest BCUT2D eigenvalue weighted by Gasteiger charge is 2.34. The predicted octanol–water partition coefficient (Wildman–Crippen LogP) is 3.88. The Morgan fingerprint density at radius 2 is 2.05 bits per heavy atom. The molecule has 22 heavy (non-hydrogen) atoms. The molecule has 1 fully saturated rings. The molecule has 0 aromatic carbocycles. The molecule has 3 nitrogen and oxygen atoms in total. The Kier molecular flexibility index (Phi) is 8.51. The van der Waals surface area contributed by atoms with Crippen molar-refractivity contribution in [2.75, 3.05) is 19.7 Å². The van der Waals surface area contributed by atoms with Crippen LogP contribution >= 0.6 is 24.8 Å². The largest absolute Gasteiger partial charge is 0.492 e. The van der Waals surface area contributed by atoms with Crippen LogP contribution in [0.4, 0.5) is 13.2 Å². The summed E-state index contributed by atoms with van der Waals surface area (Å²) in [5, 5.41) is 3.30. The van der Waals surface area contributed by atoms with E-state index in [1.807, 2.05) is 0 Å². The van der Waals surface area contributed by atoms with Gasteiger partial charge < -0.3 is 10.1 Å². The van der Waals surface area contributed by atoms with Gasteiger partial charge in [-0.3, -0.25) is 0 Å². The minimum Gasteiger partial charge on any atom is -0.492 e. The molecular formula is C14H21Cl2F3N2O. The van der Waals surface area contributed by atoms with Crippen LogP contribution in [0.15, 0.2) is 12.3 Å². The van der Waals surface area contributed by atoms with Crippen molar-refractivity contribution in [2.24, 2.45) is 11.8 Å². The maximum absolute atomic E-state index is 12.6. The van der Waals surface area contributed by atoms with E-state index in [2.05, 4.69) is 17.2 Å². The molecule has 0 amide bonds. The zero-order chi connectivity index (χ0) is 14.8. The number of alkyl halides is 3. The topological polar surface area (TPSA) is 34.1 Å². The SMILES string of the molecule is Cc1cc(OCC2CCNCC2C)cnc1C(F)(F)F.Cl.Cl. The van der Waals surface area contributed by atoms with Crippen LogP contribution in [-0.2, 0) is 6.18 Å². The number of hydrogen-bond donors (Lipinski definition) is 1. The van der Waals surface area contributed by atoms with Crippen molar-refractivity contribution in [1.82, 2.24) is 10.3 Å². The first-order chi connectivity index (χ1) is 9.38. The minimum atomic E-state index is -4.41. The fourth-order valence-electron chi connectivity index (χ4n) is 2.44. The van der Waals surface area contributed by atoms with Crippen molar-refractivity contribution >= 4 is 24.8 Å². The van der Waals surface area contributed by atoms with Crippen LogP contribution < -0.4 is 10.1 Å². The van der Waals surface area contributed by atoms with Gasteiger partial charge in [0.05, 0.1) is 12.8 Å². The third kappa shape index (κ3) is 5.48. The molecule has 1 aromatic rings. The number of hydrogen-bond acceptors (Lipinski definition) is 3. The number of rotatable bonds is 3. The van der Waals surface area contributed by atoms with E-state index in [1.54, 1.807) is 0 Å². The lowest BCUT2D eigenvalue weighted by Gasteiger charge is -2.29. The van der Waals surface area contributed by atoms with Gasteiger partial charge in [0.1, 0.15) is 11.4 Å². The van der Waals surface area contributed by atoms with Gasteiger partial charge in [0.15, 0.2) is 0 Å². The number of ether oxygens (including phenoxy) is 1. The Morgan fingerprint density at radius 3 is 2.59 bits per heavy atom. The number of aryl methyl sites for hydroxylation is 1. The molecule has 0 saturated carbocycles. The van der Waals surface area contributed by atoms with Gasteiger partial charge in [-0.15, -0.1) is 24.8 Å². The molecule has 2 atom stereocenters. The molecular weight excluding hydrogens is 340 g/mol. The number of halogens is 5. The second-order valence-electron chi connectivity index (χ2n) is 5.38. The molecule has 128 valence electrons. The Labute approximate surface area is 140 Å². The quantitative estimate of drug-likeness (QED) is 0.887. The van der Waals surface area contributed by atoms with Gasteiger partial charge in [-0.2, -0.15) is 13.2 Å². The van der Waals surface area contributed by atoms with E-state index >= 15 is 0 Å². The van der Waals surface area contributed by atoms with Crippen LogP contribution in [0.3, 0.4) is 0 Å². The molecule has 2 unspecified atom stereocenters. The molecule has 0 aliphatic carbocycles. The summed E-state index contributed by atoms with van der Waals surface area (Å²) in [7, 11) is 0. The number of nitrogens with zero attached hydrogens (tertiary/aromatic N) is 1. The molecule has 2 rings (SSSR count). The van der Waals surface area contributed by atoms with Crippen molar-refractivity contribution in [3.63, 3.8) is 0 Å². The Morgan fingerprint density at radius 1 is 1.36 bits per heavy atom. The van der Waals surface area contributed by atoms with E-state index in [0.717, 1.165) is 25.7 Å². The monoisotopic (exact) mass is 360 g/mol. The third-order valence-electron chi connectivity index (χ3n) is 3.75. The number of piperidine rings is 1. The summed E-state index contributed by atoms with van der Waals surface area (Å²) in [4.78, 5) is 3.47. The summed E-state index contributed by atoms with van der Waals surface area (Å²) in [5.74, 6) is 1.34. The summed E-state index contributed by atoms with van der Waals surface area (Å²) in [5.41, 5.74) is -0.756. The average molecular weight is 361 g/mol. The van der Waals surface area contributed by atoms with Crippen LogP contribution in [0.2, 0.25) is 0 Å². The van der Waals surface area contributed by atoms with Crippen LogP contribution in [-0.4, -0.2) is 24.7 Å². The van der Waals surface area contributed by atoms with Crippen LogP contribution in [0, 0.1) is 18.8 Å². The Hall–Kier alpha value is -0.720. The van der Waals surface area contributed by atoms with Gasteiger partial charge >= 0.3 is 6.18 Å². The average Bonchev–Trinajstić information content (AvgIpc) is 2.36. The maximum Gasteiger partial charge on any atom is 0.433 e. The molecule has 1 aliphatic heterocycles. The van der Waals surface area contributed by atoms with E-state index in [1.165, 1.54) is 13.0 Å². The van der Waals surface area contributed by atoms with Crippen molar-refractivity contribution in [3.8, 4) is 5.75 Å². The zero-order valence-electron chi connectivity index (χ0n) is 12.4. The number of aromatic nitrogens is 1. The smallest absolute Gasteiger partial charge is 0.433 e. The minimum absolute atomic E-state index is 0. The van der Waals surface area contributed by atoms with Crippen molar-refractivity contribution < 1.29 is 17.9 Å². The van der Waals surface area contributed by atoms with Gasteiger partial charge in [-0.25, -0.2) is 4.98 Å². The molecule has 1 saturated heterocycles. The first-order valence-corrected chi connectivity index (χ1v) is 6.75. The third-order valence-corrected chi connectivity index (χ3v) is 3.75. The molecule has 0 radical (unpaired) electrons. The van der Waals surface area contributed by atoms with Gasteiger partial charge in [-0.05, 0) is 49.9 Å². The summed E-state index contributed by atoms with van der Waals surface area (Å²) in [6.45, 7) is 5.99. The second kappa shape index (κ2) is 8.79. The second-order valence-corrected chi connectivity index (χ2v) is 5.38. The van der Waals surface area contributed by atoms with Crippen molar-refractivity contribution in [1.29, 1.82) is 0 Å². The maximum atomic E-state index is 12.6. The van der Waals surface area contributed by atoms with E-state index in [4.69, 9.17) is 4.74 Å². The highest BCUT2D eigenvalue weighted by Crippen LogP contribution is 2.31. The predicted molar refractivity (Wildman–Crippen MR) is 84.1 cm³/mol. The highest BCUT2D eigenvalue weighted by atomic mass is 35.5. The summed E-state index contributed by atoms with van der Waals surface area (Å²) in [6.07, 6.45) is -2.23. The molecule has 1 aliphatic rings. The van der Waals surface area contributed by atoms with Crippen molar-refractivity contribution in [3.05, 3.63) is 23.5 Å². The fraction of sp³-hybridized carbons (Fsp3) is 0.643. The standard InChI is InChI=1S/C14H19F3N2O.2ClH/c1-9-5-12(7-19-13(9)14(15,16)17)20-8-11-3-4-18-6-10(11)2;;/h5,7,10-11,18H,3-4,6,8H2,1-2H3;2*1H. The van der Waals surface area contributed by atoms with Crippen LogP contribution in [0.25, 0.3) is 0 Å². The number of nitrogens with one attached hydrogen (secondary N) is 1. The van der Waals surface area contributed by atoms with E-state index in [0.29, 0.717) is 24.2 Å². The lowest BCUT2D eigenvalue weighted by Crippen LogP contribution is -2.37. The first-order valence-electron chi connectivity index (χ1n) is 6.75. The summed E-state index contributed by atoms with van der Waals surface area (Å²) >= 11 is 0. The van der Waals surface area contributed by atoms with Crippen molar-refractivity contribution in [2.45, 2.75) is 26.4 Å². The van der Waals surface area contributed by atoms with E-state index in [-0.39, 0.29) is 30.4 Å². The van der Waals surface area contributed by atoms with E-state index < -0.39 is 11.9 Å². The van der Waals surface area contributed by atoms with Gasteiger partial charge in [-0.1, -0.05) is 6.92 Å². The molecule has 0 bridgehead atoms. The molecule has 1 aromatic heterocycles. The first kappa shape index (κ1) is 21.3. The van der Waals surface area contributed by atoms with Crippen LogP contribution in [0.5, 0.6) is 5.75 Å². The summed E-state index contributed by atoms with van der Waals surface area (Å²) in [6, 6.07) is 1.40. The molecule has 8 heteroatoms. The Balaban J connectivity index is 0.00000220. The summed E-state index contributed by atoms with van der Waals surface area (Å²) < 4.78 is 43.4. The van der Waals surface area contributed by atoms with Gasteiger partial charge in [0, 0.05) is 0 Å². The van der Waals surface area contributed by atoms with Crippen LogP contribution in [0.1, 0.15) is 24.6 Å². The van der Waals surface area contributed by atoms with Gasteiger partial charge in [0.2, 0.25) is 0 Å². The molecule has 1 N–H and O–H groups in total. The van der Waals surface area contributed by atoms with E-state index in [9.17, 15) is 13.2 Å². The number of pyridine rings is 1. The Bertz CT molecular complexity index is 472. The zero-order valence-corrected chi connectivity index (χ0v) is 14.1.